The normalized spacial score (nSPS) is 23.7. The number of hydrogen-bond donors (Lipinski definition) is 1. The number of halogens is 1. The van der Waals surface area contributed by atoms with E-state index in [0.717, 1.165) is 12.6 Å². The second-order valence-electron chi connectivity index (χ2n) is 4.76. The Kier molecular flexibility index (Phi) is 2.84. The lowest BCUT2D eigenvalue weighted by molar-refractivity contribution is 0.146. The Morgan fingerprint density at radius 1 is 1.22 bits per heavy atom. The fourth-order valence-electron chi connectivity index (χ4n) is 2.50. The fraction of sp³-hybridized carbons (Fsp3) is 0.267. The largest absolute Gasteiger partial charge is 0.388 e. The van der Waals surface area contributed by atoms with Gasteiger partial charge < -0.3 is 5.11 Å². The minimum absolute atomic E-state index is 0.115. The fourth-order valence-corrected chi connectivity index (χ4v) is 2.50. The van der Waals surface area contributed by atoms with Gasteiger partial charge in [-0.25, -0.2) is 4.39 Å². The molecule has 3 atom stereocenters. The summed E-state index contributed by atoms with van der Waals surface area (Å²) in [5.74, 6) is 0.0294. The molecule has 1 fully saturated rings. The van der Waals surface area contributed by atoms with Crippen LogP contribution >= 0.6 is 0 Å². The van der Waals surface area contributed by atoms with Crippen LogP contribution in [-0.4, -0.2) is 10.1 Å². The van der Waals surface area contributed by atoms with Crippen LogP contribution in [0.15, 0.2) is 48.8 Å². The SMILES string of the molecule is OC(c1ccncc1F)C1CC1c1ccccc1. The third-order valence-electron chi connectivity index (χ3n) is 3.60. The third kappa shape index (κ3) is 2.02. The van der Waals surface area contributed by atoms with Crippen LogP contribution in [0, 0.1) is 11.7 Å². The van der Waals surface area contributed by atoms with E-state index in [2.05, 4.69) is 17.1 Å². The molecule has 18 heavy (non-hydrogen) atoms. The van der Waals surface area contributed by atoms with Gasteiger partial charge in [-0.1, -0.05) is 30.3 Å². The quantitative estimate of drug-likeness (QED) is 0.898. The van der Waals surface area contributed by atoms with Crippen LogP contribution in [0.25, 0.3) is 0 Å². The predicted molar refractivity (Wildman–Crippen MR) is 66.4 cm³/mol. The van der Waals surface area contributed by atoms with E-state index < -0.39 is 11.9 Å². The van der Waals surface area contributed by atoms with Crippen molar-refractivity contribution in [3.05, 3.63) is 65.7 Å². The number of nitrogens with zero attached hydrogens (tertiary/aromatic N) is 1. The highest BCUT2D eigenvalue weighted by Crippen LogP contribution is 2.54. The van der Waals surface area contributed by atoms with Gasteiger partial charge in [0.2, 0.25) is 0 Å². The predicted octanol–water partition coefficient (Wildman–Crippen LogP) is 3.06. The molecule has 1 aromatic carbocycles. The molecule has 3 rings (SSSR count). The lowest BCUT2D eigenvalue weighted by atomic mass is 10.0. The first-order chi connectivity index (χ1) is 8.77. The van der Waals surface area contributed by atoms with E-state index in [1.165, 1.54) is 11.8 Å². The number of pyridine rings is 1. The lowest BCUT2D eigenvalue weighted by Crippen LogP contribution is -2.04. The minimum atomic E-state index is -0.738. The van der Waals surface area contributed by atoms with E-state index in [4.69, 9.17) is 0 Å². The van der Waals surface area contributed by atoms with Crippen molar-refractivity contribution >= 4 is 0 Å². The van der Waals surface area contributed by atoms with E-state index in [1.54, 1.807) is 6.07 Å². The number of rotatable bonds is 3. The first-order valence-electron chi connectivity index (χ1n) is 6.10. The van der Waals surface area contributed by atoms with E-state index in [1.807, 2.05) is 18.2 Å². The van der Waals surface area contributed by atoms with Crippen LogP contribution in [0.4, 0.5) is 4.39 Å². The summed E-state index contributed by atoms with van der Waals surface area (Å²) in [6.07, 6.45) is 2.84. The number of benzene rings is 1. The molecule has 1 heterocycles. The zero-order chi connectivity index (χ0) is 12.5. The molecule has 2 nitrogen and oxygen atoms in total. The summed E-state index contributed by atoms with van der Waals surface area (Å²) in [6, 6.07) is 11.6. The average molecular weight is 243 g/mol. The molecule has 0 spiro atoms. The average Bonchev–Trinajstić information content (AvgIpc) is 3.20. The summed E-state index contributed by atoms with van der Waals surface area (Å²) in [7, 11) is 0. The molecule has 0 radical (unpaired) electrons. The standard InChI is InChI=1S/C15H14FNO/c16-14-9-17-7-6-11(14)15(18)13-8-12(13)10-4-2-1-3-5-10/h1-7,9,12-13,15,18H,8H2. The molecule has 0 amide bonds. The van der Waals surface area contributed by atoms with Gasteiger partial charge in [0, 0.05) is 11.8 Å². The van der Waals surface area contributed by atoms with Gasteiger partial charge in [-0.2, -0.15) is 0 Å². The monoisotopic (exact) mass is 243 g/mol. The second-order valence-corrected chi connectivity index (χ2v) is 4.76. The Morgan fingerprint density at radius 3 is 2.72 bits per heavy atom. The molecule has 1 N–H and O–H groups in total. The molecule has 0 aliphatic heterocycles. The highest BCUT2D eigenvalue weighted by molar-refractivity contribution is 5.29. The summed E-state index contributed by atoms with van der Waals surface area (Å²) < 4.78 is 13.5. The van der Waals surface area contributed by atoms with Gasteiger partial charge in [0.05, 0.1) is 12.3 Å². The van der Waals surface area contributed by atoms with Gasteiger partial charge in [-0.3, -0.25) is 4.98 Å². The number of aliphatic hydroxyl groups is 1. The lowest BCUT2D eigenvalue weighted by Gasteiger charge is -2.11. The van der Waals surface area contributed by atoms with Crippen molar-refractivity contribution in [2.75, 3.05) is 0 Å². The summed E-state index contributed by atoms with van der Waals surface area (Å²) in [6.45, 7) is 0. The first kappa shape index (κ1) is 11.4. The van der Waals surface area contributed by atoms with Crippen LogP contribution in [0.5, 0.6) is 0 Å². The smallest absolute Gasteiger partial charge is 0.147 e. The maximum absolute atomic E-state index is 13.5. The van der Waals surface area contributed by atoms with Crippen LogP contribution in [-0.2, 0) is 0 Å². The molecular formula is C15H14FNO. The molecule has 1 aliphatic carbocycles. The van der Waals surface area contributed by atoms with Crippen LogP contribution in [0.1, 0.15) is 29.6 Å². The van der Waals surface area contributed by atoms with E-state index in [0.29, 0.717) is 11.5 Å². The Balaban J connectivity index is 1.77. The summed E-state index contributed by atoms with van der Waals surface area (Å²) >= 11 is 0. The first-order valence-corrected chi connectivity index (χ1v) is 6.10. The molecule has 0 bridgehead atoms. The zero-order valence-corrected chi connectivity index (χ0v) is 9.83. The van der Waals surface area contributed by atoms with E-state index >= 15 is 0 Å². The Hall–Kier alpha value is -1.74. The highest BCUT2D eigenvalue weighted by Gasteiger charge is 2.44. The molecule has 1 aromatic heterocycles. The number of aromatic nitrogens is 1. The maximum atomic E-state index is 13.5. The number of hydrogen-bond acceptors (Lipinski definition) is 2. The molecule has 3 unspecified atom stereocenters. The van der Waals surface area contributed by atoms with E-state index in [-0.39, 0.29) is 5.92 Å². The zero-order valence-electron chi connectivity index (χ0n) is 9.83. The summed E-state index contributed by atoms with van der Waals surface area (Å²) in [5.41, 5.74) is 1.57. The molecule has 1 aliphatic rings. The molecule has 92 valence electrons. The van der Waals surface area contributed by atoms with Crippen molar-refractivity contribution in [3.63, 3.8) is 0 Å². The Morgan fingerprint density at radius 2 is 2.00 bits per heavy atom. The second kappa shape index (κ2) is 4.50. The van der Waals surface area contributed by atoms with Crippen molar-refractivity contribution in [3.8, 4) is 0 Å². The van der Waals surface area contributed by atoms with Gasteiger partial charge >= 0.3 is 0 Å². The van der Waals surface area contributed by atoms with Gasteiger partial charge in [0.1, 0.15) is 5.82 Å². The van der Waals surface area contributed by atoms with E-state index in [9.17, 15) is 9.50 Å². The van der Waals surface area contributed by atoms with Crippen molar-refractivity contribution in [1.82, 2.24) is 4.98 Å². The highest BCUT2D eigenvalue weighted by atomic mass is 19.1. The molecule has 2 aromatic rings. The molecular weight excluding hydrogens is 229 g/mol. The minimum Gasteiger partial charge on any atom is -0.388 e. The molecule has 0 saturated heterocycles. The van der Waals surface area contributed by atoms with Gasteiger partial charge in [-0.15, -0.1) is 0 Å². The molecule has 3 heteroatoms. The van der Waals surface area contributed by atoms with Crippen LogP contribution in [0.3, 0.4) is 0 Å². The van der Waals surface area contributed by atoms with Crippen LogP contribution in [0.2, 0.25) is 0 Å². The van der Waals surface area contributed by atoms with Crippen molar-refractivity contribution in [1.29, 1.82) is 0 Å². The van der Waals surface area contributed by atoms with Gasteiger partial charge in [0.25, 0.3) is 0 Å². The topological polar surface area (TPSA) is 33.1 Å². The van der Waals surface area contributed by atoms with Crippen molar-refractivity contribution in [2.45, 2.75) is 18.4 Å². The van der Waals surface area contributed by atoms with Gasteiger partial charge in [0.15, 0.2) is 0 Å². The van der Waals surface area contributed by atoms with Crippen molar-refractivity contribution < 1.29 is 9.50 Å². The van der Waals surface area contributed by atoms with Crippen LogP contribution < -0.4 is 0 Å². The van der Waals surface area contributed by atoms with Crippen molar-refractivity contribution in [2.24, 2.45) is 5.92 Å². The van der Waals surface area contributed by atoms with Gasteiger partial charge in [-0.05, 0) is 29.9 Å². The Bertz CT molecular complexity index is 543. The summed E-state index contributed by atoms with van der Waals surface area (Å²) in [5, 5.41) is 10.2. The maximum Gasteiger partial charge on any atom is 0.147 e. The summed E-state index contributed by atoms with van der Waals surface area (Å²) in [4.78, 5) is 3.70. The third-order valence-corrected chi connectivity index (χ3v) is 3.60. The molecule has 1 saturated carbocycles. The Labute approximate surface area is 105 Å². The number of aliphatic hydroxyl groups excluding tert-OH is 1.